The van der Waals surface area contributed by atoms with Crippen LogP contribution in [0.25, 0.3) is 10.9 Å². The van der Waals surface area contributed by atoms with Gasteiger partial charge in [0.25, 0.3) is 0 Å². The maximum Gasteiger partial charge on any atom is 0.408 e. The molecule has 0 spiro atoms. The number of piperidine rings is 1. The molecule has 1 aromatic heterocycles. The van der Waals surface area contributed by atoms with Gasteiger partial charge in [0.2, 0.25) is 5.91 Å². The Morgan fingerprint density at radius 2 is 1.88 bits per heavy atom. The van der Waals surface area contributed by atoms with Crippen molar-refractivity contribution in [2.24, 2.45) is 5.92 Å². The van der Waals surface area contributed by atoms with Crippen molar-refractivity contribution in [3.63, 3.8) is 0 Å². The number of benzene rings is 1. The van der Waals surface area contributed by atoms with Gasteiger partial charge in [0.15, 0.2) is 0 Å². The number of H-pyrrole nitrogens is 1. The molecule has 2 amide bonds. The van der Waals surface area contributed by atoms with Gasteiger partial charge in [-0.25, -0.2) is 4.79 Å². The molecular weight excluding hydrogens is 410 g/mol. The van der Waals surface area contributed by atoms with Crippen molar-refractivity contribution in [1.82, 2.24) is 15.2 Å². The molecule has 0 bridgehead atoms. The van der Waals surface area contributed by atoms with Gasteiger partial charge in [0.1, 0.15) is 11.6 Å². The highest BCUT2D eigenvalue weighted by molar-refractivity contribution is 5.88. The smallest absolute Gasteiger partial charge is 0.408 e. The predicted molar refractivity (Wildman–Crippen MR) is 121 cm³/mol. The van der Waals surface area contributed by atoms with Crippen molar-refractivity contribution in [2.75, 3.05) is 19.7 Å². The number of aromatic nitrogens is 1. The van der Waals surface area contributed by atoms with Gasteiger partial charge in [-0.2, -0.15) is 0 Å². The van der Waals surface area contributed by atoms with E-state index in [1.54, 1.807) is 32.6 Å². The van der Waals surface area contributed by atoms with Crippen molar-refractivity contribution in [3.8, 4) is 0 Å². The quantitative estimate of drug-likeness (QED) is 0.667. The van der Waals surface area contributed by atoms with Crippen LogP contribution in [0.3, 0.4) is 0 Å². The Balaban J connectivity index is 1.73. The number of carbonyl (C=O) groups excluding carboxylic acids is 3. The third kappa shape index (κ3) is 6.02. The zero-order valence-corrected chi connectivity index (χ0v) is 19.3. The van der Waals surface area contributed by atoms with E-state index in [0.717, 1.165) is 16.5 Å². The first-order valence-electron chi connectivity index (χ1n) is 11.2. The van der Waals surface area contributed by atoms with E-state index in [0.29, 0.717) is 39.0 Å². The lowest BCUT2D eigenvalue weighted by atomic mass is 9.95. The van der Waals surface area contributed by atoms with E-state index >= 15 is 0 Å². The van der Waals surface area contributed by atoms with Crippen LogP contribution in [0.5, 0.6) is 0 Å². The highest BCUT2D eigenvalue weighted by atomic mass is 16.6. The molecule has 1 aliphatic heterocycles. The molecule has 1 fully saturated rings. The maximum atomic E-state index is 13.4. The second kappa shape index (κ2) is 10.1. The number of likely N-dealkylation sites (tertiary alicyclic amines) is 1. The van der Waals surface area contributed by atoms with Gasteiger partial charge in [0.05, 0.1) is 12.5 Å². The fourth-order valence-electron chi connectivity index (χ4n) is 3.99. The van der Waals surface area contributed by atoms with Crippen molar-refractivity contribution in [2.45, 2.75) is 58.6 Å². The fourth-order valence-corrected chi connectivity index (χ4v) is 3.99. The van der Waals surface area contributed by atoms with Gasteiger partial charge in [-0.05, 0) is 52.2 Å². The lowest BCUT2D eigenvalue weighted by Crippen LogP contribution is -2.52. The summed E-state index contributed by atoms with van der Waals surface area (Å²) in [5.41, 5.74) is 1.24. The summed E-state index contributed by atoms with van der Waals surface area (Å²) in [5.74, 6) is -0.574. The highest BCUT2D eigenvalue weighted by Crippen LogP contribution is 2.23. The number of nitrogens with zero attached hydrogens (tertiary/aromatic N) is 1. The Kier molecular flexibility index (Phi) is 7.43. The lowest BCUT2D eigenvalue weighted by molar-refractivity contribution is -0.151. The van der Waals surface area contributed by atoms with Crippen LogP contribution in [-0.4, -0.2) is 59.2 Å². The van der Waals surface area contributed by atoms with Crippen molar-refractivity contribution < 1.29 is 23.9 Å². The SMILES string of the molecule is CCOC(=O)C1CCN(C(=O)[C@H](Cc2c[nH]c3ccccc23)NC(=O)OC(C)(C)C)CC1. The molecule has 1 atom stereocenters. The van der Waals surface area contributed by atoms with Crippen LogP contribution in [0.15, 0.2) is 30.5 Å². The number of nitrogens with one attached hydrogen (secondary N) is 2. The van der Waals surface area contributed by atoms with Crippen molar-refractivity contribution in [3.05, 3.63) is 36.0 Å². The van der Waals surface area contributed by atoms with Crippen LogP contribution in [0.1, 0.15) is 46.1 Å². The van der Waals surface area contributed by atoms with E-state index in [9.17, 15) is 14.4 Å². The van der Waals surface area contributed by atoms with Gasteiger partial charge in [-0.3, -0.25) is 9.59 Å². The molecule has 2 aromatic rings. The molecule has 0 aliphatic carbocycles. The van der Waals surface area contributed by atoms with Crippen LogP contribution >= 0.6 is 0 Å². The largest absolute Gasteiger partial charge is 0.466 e. The Hall–Kier alpha value is -3.03. The number of aromatic amines is 1. The molecule has 2 N–H and O–H groups in total. The molecule has 1 aromatic carbocycles. The summed E-state index contributed by atoms with van der Waals surface area (Å²) in [6, 6.07) is 7.07. The van der Waals surface area contributed by atoms with Crippen molar-refractivity contribution in [1.29, 1.82) is 0 Å². The maximum absolute atomic E-state index is 13.4. The Morgan fingerprint density at radius 1 is 1.19 bits per heavy atom. The highest BCUT2D eigenvalue weighted by Gasteiger charge is 2.33. The van der Waals surface area contributed by atoms with Gasteiger partial charge >= 0.3 is 12.1 Å². The number of hydrogen-bond donors (Lipinski definition) is 2. The summed E-state index contributed by atoms with van der Waals surface area (Å²) in [6.07, 6.45) is 2.68. The first-order valence-corrected chi connectivity index (χ1v) is 11.2. The number of amides is 2. The Labute approximate surface area is 188 Å². The van der Waals surface area contributed by atoms with Crippen LogP contribution < -0.4 is 5.32 Å². The number of para-hydroxylation sites is 1. The minimum Gasteiger partial charge on any atom is -0.466 e. The van der Waals surface area contributed by atoms with Gasteiger partial charge < -0.3 is 24.7 Å². The normalized spacial score (nSPS) is 15.9. The fraction of sp³-hybridized carbons (Fsp3) is 0.542. The zero-order chi connectivity index (χ0) is 23.3. The van der Waals surface area contributed by atoms with Crippen molar-refractivity contribution >= 4 is 28.9 Å². The molecule has 1 aliphatic rings. The number of hydrogen-bond acceptors (Lipinski definition) is 5. The molecule has 8 heteroatoms. The number of alkyl carbamates (subject to hydrolysis) is 1. The van der Waals surface area contributed by atoms with Gasteiger partial charge in [-0.15, -0.1) is 0 Å². The Bertz CT molecular complexity index is 954. The van der Waals surface area contributed by atoms with E-state index in [-0.39, 0.29) is 17.8 Å². The third-order valence-corrected chi connectivity index (χ3v) is 5.51. The molecule has 174 valence electrons. The summed E-state index contributed by atoms with van der Waals surface area (Å²) < 4.78 is 10.5. The first kappa shape index (κ1) is 23.6. The number of ether oxygens (including phenoxy) is 2. The van der Waals surface area contributed by atoms with Crippen LogP contribution in [0, 0.1) is 5.92 Å². The summed E-state index contributed by atoms with van der Waals surface area (Å²) in [7, 11) is 0. The van der Waals surface area contributed by atoms with Crippen LogP contribution in [-0.2, 0) is 25.5 Å². The second-order valence-corrected chi connectivity index (χ2v) is 9.11. The zero-order valence-electron chi connectivity index (χ0n) is 19.3. The second-order valence-electron chi connectivity index (χ2n) is 9.11. The van der Waals surface area contributed by atoms with E-state index in [2.05, 4.69) is 10.3 Å². The summed E-state index contributed by atoms with van der Waals surface area (Å²) in [6.45, 7) is 8.37. The Morgan fingerprint density at radius 3 is 2.53 bits per heavy atom. The first-order chi connectivity index (χ1) is 15.2. The summed E-state index contributed by atoms with van der Waals surface area (Å²) >= 11 is 0. The van der Waals surface area contributed by atoms with E-state index in [1.165, 1.54) is 0 Å². The molecule has 1 saturated heterocycles. The average Bonchev–Trinajstić information content (AvgIpc) is 3.14. The monoisotopic (exact) mass is 443 g/mol. The number of carbonyl (C=O) groups is 3. The predicted octanol–water partition coefficient (Wildman–Crippen LogP) is 3.41. The van der Waals surface area contributed by atoms with E-state index in [1.807, 2.05) is 30.5 Å². The average molecular weight is 444 g/mol. The molecule has 0 radical (unpaired) electrons. The standard InChI is InChI=1S/C24H33N3O5/c1-5-31-22(29)16-10-12-27(13-11-16)21(28)20(26-23(30)32-24(2,3)4)14-17-15-25-19-9-7-6-8-18(17)19/h6-9,15-16,20,25H,5,10-14H2,1-4H3,(H,26,30)/t20-/m0/s1. The molecule has 32 heavy (non-hydrogen) atoms. The molecule has 0 unspecified atom stereocenters. The number of rotatable bonds is 6. The lowest BCUT2D eigenvalue weighted by Gasteiger charge is -2.33. The van der Waals surface area contributed by atoms with E-state index < -0.39 is 17.7 Å². The van der Waals surface area contributed by atoms with Crippen LogP contribution in [0.4, 0.5) is 4.79 Å². The van der Waals surface area contributed by atoms with E-state index in [4.69, 9.17) is 9.47 Å². The molecule has 0 saturated carbocycles. The summed E-state index contributed by atoms with van der Waals surface area (Å²) in [4.78, 5) is 42.8. The number of fused-ring (bicyclic) bond motifs is 1. The van der Waals surface area contributed by atoms with Crippen LogP contribution in [0.2, 0.25) is 0 Å². The topological polar surface area (TPSA) is 101 Å². The third-order valence-electron chi connectivity index (χ3n) is 5.51. The molecule has 2 heterocycles. The minimum atomic E-state index is -0.775. The number of esters is 1. The molecule has 8 nitrogen and oxygen atoms in total. The summed E-state index contributed by atoms with van der Waals surface area (Å²) in [5, 5.41) is 3.78. The van der Waals surface area contributed by atoms with Gasteiger partial charge in [-0.1, -0.05) is 18.2 Å². The molecular formula is C24H33N3O5. The van der Waals surface area contributed by atoms with Gasteiger partial charge in [0, 0.05) is 36.6 Å². The minimum absolute atomic E-state index is 0.177. The molecule has 3 rings (SSSR count).